The number of fused-ring (bicyclic) bond motifs is 1. The summed E-state index contributed by atoms with van der Waals surface area (Å²) >= 11 is 6.03. The fourth-order valence-corrected chi connectivity index (χ4v) is 7.32. The lowest BCUT2D eigenvalue weighted by Gasteiger charge is -2.57. The first-order chi connectivity index (χ1) is 14.1. The number of rotatable bonds is 3. The molecule has 5 aliphatic rings. The Hall–Kier alpha value is -1.81. The van der Waals surface area contributed by atoms with E-state index in [4.69, 9.17) is 16.1 Å². The molecular formula is C24H27ClN2O2. The molecule has 0 N–H and O–H groups in total. The molecular weight excluding hydrogens is 384 g/mol. The van der Waals surface area contributed by atoms with Gasteiger partial charge in [-0.15, -0.1) is 0 Å². The van der Waals surface area contributed by atoms with Crippen molar-refractivity contribution in [3.05, 3.63) is 40.5 Å². The van der Waals surface area contributed by atoms with Crippen LogP contribution in [0.3, 0.4) is 0 Å². The van der Waals surface area contributed by atoms with Crippen LogP contribution in [0.25, 0.3) is 11.3 Å². The van der Waals surface area contributed by atoms with Crippen molar-refractivity contribution in [1.29, 1.82) is 0 Å². The smallest absolute Gasteiger partial charge is 0.223 e. The van der Waals surface area contributed by atoms with E-state index in [0.29, 0.717) is 22.9 Å². The van der Waals surface area contributed by atoms with E-state index in [2.05, 4.69) is 10.1 Å². The van der Waals surface area contributed by atoms with Crippen molar-refractivity contribution >= 4 is 17.5 Å². The van der Waals surface area contributed by atoms with Crippen LogP contribution in [-0.2, 0) is 17.8 Å². The predicted molar refractivity (Wildman–Crippen MR) is 111 cm³/mol. The maximum Gasteiger partial charge on any atom is 0.223 e. The Balaban J connectivity index is 1.21. The Morgan fingerprint density at radius 3 is 2.41 bits per heavy atom. The molecule has 4 saturated carbocycles. The van der Waals surface area contributed by atoms with E-state index in [9.17, 15) is 4.79 Å². The molecule has 1 amide bonds. The van der Waals surface area contributed by atoms with Crippen molar-refractivity contribution in [2.75, 3.05) is 6.54 Å². The van der Waals surface area contributed by atoms with Gasteiger partial charge in [-0.25, -0.2) is 0 Å². The molecule has 0 radical (unpaired) electrons. The van der Waals surface area contributed by atoms with E-state index in [0.717, 1.165) is 59.7 Å². The van der Waals surface area contributed by atoms with Crippen LogP contribution in [0.15, 0.2) is 28.8 Å². The Morgan fingerprint density at radius 1 is 1.10 bits per heavy atom. The summed E-state index contributed by atoms with van der Waals surface area (Å²) in [7, 11) is 0. The van der Waals surface area contributed by atoms with Gasteiger partial charge in [-0.1, -0.05) is 16.8 Å². The molecule has 4 bridgehead atoms. The maximum absolute atomic E-state index is 13.4. The molecule has 1 aromatic carbocycles. The molecule has 5 heteroatoms. The van der Waals surface area contributed by atoms with Crippen LogP contribution >= 0.6 is 11.6 Å². The lowest BCUT2D eigenvalue weighted by atomic mass is 9.49. The summed E-state index contributed by atoms with van der Waals surface area (Å²) in [4.78, 5) is 15.4. The highest BCUT2D eigenvalue weighted by molar-refractivity contribution is 6.30. The quantitative estimate of drug-likeness (QED) is 0.672. The molecule has 4 fully saturated rings. The van der Waals surface area contributed by atoms with Crippen molar-refractivity contribution in [3.63, 3.8) is 0 Å². The highest BCUT2D eigenvalue weighted by Crippen LogP contribution is 2.61. The van der Waals surface area contributed by atoms with E-state index in [1.54, 1.807) is 0 Å². The van der Waals surface area contributed by atoms with Gasteiger partial charge in [0.25, 0.3) is 0 Å². The largest absolute Gasteiger partial charge is 0.356 e. The van der Waals surface area contributed by atoms with Gasteiger partial charge < -0.3 is 9.42 Å². The number of hydrogen-bond donors (Lipinski definition) is 0. The van der Waals surface area contributed by atoms with Gasteiger partial charge >= 0.3 is 0 Å². The third-order valence-corrected chi connectivity index (χ3v) is 8.24. The first-order valence-electron chi connectivity index (χ1n) is 11.1. The highest BCUT2D eigenvalue weighted by atomic mass is 35.5. The first kappa shape index (κ1) is 18.0. The first-order valence-corrected chi connectivity index (χ1v) is 11.5. The number of aromatic nitrogens is 1. The number of nitrogens with zero attached hydrogens (tertiary/aromatic N) is 2. The zero-order valence-electron chi connectivity index (χ0n) is 16.7. The second-order valence-corrected chi connectivity index (χ2v) is 10.5. The van der Waals surface area contributed by atoms with E-state index < -0.39 is 0 Å². The molecule has 0 atom stereocenters. The zero-order valence-corrected chi connectivity index (χ0v) is 17.5. The van der Waals surface area contributed by atoms with Crippen LogP contribution < -0.4 is 0 Å². The number of amides is 1. The highest BCUT2D eigenvalue weighted by Gasteiger charge is 2.51. The fourth-order valence-electron chi connectivity index (χ4n) is 7.19. The summed E-state index contributed by atoms with van der Waals surface area (Å²) in [5.74, 6) is 3.77. The van der Waals surface area contributed by atoms with Crippen molar-refractivity contribution in [3.8, 4) is 11.3 Å². The van der Waals surface area contributed by atoms with E-state index in [1.165, 1.54) is 38.5 Å². The lowest BCUT2D eigenvalue weighted by molar-refractivity contribution is -0.140. The molecule has 0 spiro atoms. The van der Waals surface area contributed by atoms with Crippen LogP contribution in [0.1, 0.15) is 56.2 Å². The SMILES string of the molecule is O=C(CC12CC3CC(CC(C3)C1)C2)N1CCc2noc(-c3ccc(Cl)cc3)c2C1. The number of benzene rings is 1. The second-order valence-electron chi connectivity index (χ2n) is 10.1. The molecule has 4 nitrogen and oxygen atoms in total. The zero-order chi connectivity index (χ0) is 19.6. The molecule has 4 aliphatic carbocycles. The average molecular weight is 411 g/mol. The molecule has 0 saturated heterocycles. The molecule has 1 aliphatic heterocycles. The summed E-state index contributed by atoms with van der Waals surface area (Å²) in [6, 6.07) is 7.65. The third-order valence-electron chi connectivity index (χ3n) is 7.99. The van der Waals surface area contributed by atoms with Gasteiger partial charge in [-0.05, 0) is 86.0 Å². The maximum atomic E-state index is 13.4. The second kappa shape index (κ2) is 6.60. The van der Waals surface area contributed by atoms with Crippen molar-refractivity contribution in [2.24, 2.45) is 23.2 Å². The minimum Gasteiger partial charge on any atom is -0.356 e. The molecule has 2 heterocycles. The van der Waals surface area contributed by atoms with E-state index in [1.807, 2.05) is 24.3 Å². The average Bonchev–Trinajstić information content (AvgIpc) is 3.10. The fraction of sp³-hybridized carbons (Fsp3) is 0.583. The number of halogens is 1. The van der Waals surface area contributed by atoms with Crippen molar-refractivity contribution in [2.45, 2.75) is 57.9 Å². The van der Waals surface area contributed by atoms with Gasteiger partial charge in [0.15, 0.2) is 5.76 Å². The predicted octanol–water partition coefficient (Wildman–Crippen LogP) is 5.49. The molecule has 1 aromatic heterocycles. The topological polar surface area (TPSA) is 46.3 Å². The third kappa shape index (κ3) is 3.11. The Morgan fingerprint density at radius 2 is 1.76 bits per heavy atom. The summed E-state index contributed by atoms with van der Waals surface area (Å²) < 4.78 is 5.67. The Labute approximate surface area is 176 Å². The van der Waals surface area contributed by atoms with Crippen LogP contribution in [0, 0.1) is 23.2 Å². The van der Waals surface area contributed by atoms with Gasteiger partial charge in [0.2, 0.25) is 5.91 Å². The minimum absolute atomic E-state index is 0.291. The van der Waals surface area contributed by atoms with Crippen LogP contribution in [0.2, 0.25) is 5.02 Å². The van der Waals surface area contributed by atoms with E-state index >= 15 is 0 Å². The van der Waals surface area contributed by atoms with Gasteiger partial charge in [0.1, 0.15) is 0 Å². The van der Waals surface area contributed by atoms with Crippen LogP contribution in [0.4, 0.5) is 0 Å². The monoisotopic (exact) mass is 410 g/mol. The molecule has 0 unspecified atom stereocenters. The summed E-state index contributed by atoms with van der Waals surface area (Å²) in [6.45, 7) is 1.37. The van der Waals surface area contributed by atoms with Gasteiger partial charge in [-0.3, -0.25) is 4.79 Å². The number of hydrogen-bond acceptors (Lipinski definition) is 3. The van der Waals surface area contributed by atoms with Crippen LogP contribution in [-0.4, -0.2) is 22.5 Å². The summed E-state index contributed by atoms with van der Waals surface area (Å²) in [5, 5.41) is 4.99. The number of carbonyl (C=O) groups excluding carboxylic acids is 1. The van der Waals surface area contributed by atoms with Crippen molar-refractivity contribution in [1.82, 2.24) is 10.1 Å². The Kier molecular flexibility index (Phi) is 4.09. The minimum atomic E-state index is 0.291. The van der Waals surface area contributed by atoms with Gasteiger partial charge in [-0.2, -0.15) is 0 Å². The summed E-state index contributed by atoms with van der Waals surface area (Å²) in [5.41, 5.74) is 3.32. The van der Waals surface area contributed by atoms with Gasteiger partial charge in [0.05, 0.1) is 12.2 Å². The molecule has 152 valence electrons. The van der Waals surface area contributed by atoms with E-state index in [-0.39, 0.29) is 0 Å². The summed E-state index contributed by atoms with van der Waals surface area (Å²) in [6.07, 6.45) is 9.64. The Bertz CT molecular complexity index is 913. The molecule has 7 rings (SSSR count). The normalized spacial score (nSPS) is 32.4. The number of carbonyl (C=O) groups is 1. The van der Waals surface area contributed by atoms with Crippen LogP contribution in [0.5, 0.6) is 0 Å². The standard InChI is InChI=1S/C24H27ClN2O2/c25-19-3-1-18(2-4-19)23-20-14-27(6-5-21(20)26-29-23)22(28)13-24-10-15-7-16(11-24)9-17(8-15)12-24/h1-4,15-17H,5-14H2. The van der Waals surface area contributed by atoms with Gasteiger partial charge in [0, 0.05) is 35.5 Å². The molecule has 29 heavy (non-hydrogen) atoms. The van der Waals surface area contributed by atoms with Crippen molar-refractivity contribution < 1.29 is 9.32 Å². The lowest BCUT2D eigenvalue weighted by Crippen LogP contribution is -2.48. The molecule has 2 aromatic rings.